The number of hydrogen-bond donors (Lipinski definition) is 2. The highest BCUT2D eigenvalue weighted by atomic mass is 32.1. The number of thiazole rings is 1. The number of anilines is 1. The molecule has 1 atom stereocenters. The molecule has 3 heterocycles. The molecular formula is C23H26N6O3S. The minimum absolute atomic E-state index is 0.0151. The van der Waals surface area contributed by atoms with Gasteiger partial charge in [-0.1, -0.05) is 35.6 Å². The van der Waals surface area contributed by atoms with Gasteiger partial charge in [-0.05, 0) is 36.8 Å². The van der Waals surface area contributed by atoms with Gasteiger partial charge in [-0.15, -0.1) is 0 Å². The minimum atomic E-state index is -0.258. The Hall–Kier alpha value is -3.27. The van der Waals surface area contributed by atoms with Gasteiger partial charge in [-0.25, -0.2) is 4.98 Å². The third kappa shape index (κ3) is 4.22. The maximum Gasteiger partial charge on any atom is 0.273 e. The number of aromatic nitrogens is 3. The fourth-order valence-corrected chi connectivity index (χ4v) is 5.74. The predicted octanol–water partition coefficient (Wildman–Crippen LogP) is 1.62. The second-order valence-electron chi connectivity index (χ2n) is 8.56. The van der Waals surface area contributed by atoms with E-state index in [1.165, 1.54) is 27.8 Å². The maximum absolute atomic E-state index is 13.0. The van der Waals surface area contributed by atoms with Crippen LogP contribution in [0.5, 0.6) is 0 Å². The summed E-state index contributed by atoms with van der Waals surface area (Å²) in [6.07, 6.45) is 4.70. The van der Waals surface area contributed by atoms with Gasteiger partial charge in [-0.2, -0.15) is 4.98 Å². The standard InChI is InChI=1S/C23H26N6O3S/c1-24-21(31)15-8-10-28(11-9-15)23-27-20-19(33-23)22(32)29(13-25-20)12-18(30)26-17-7-6-14-4-2-3-5-16(14)17/h2-5,13,15,17H,6-12H2,1H3,(H,24,31)(H,26,30)/t17-/m1/s1. The Bertz CT molecular complexity index is 1260. The van der Waals surface area contributed by atoms with Crippen molar-refractivity contribution < 1.29 is 9.59 Å². The van der Waals surface area contributed by atoms with Crippen LogP contribution in [0.25, 0.3) is 10.3 Å². The molecular weight excluding hydrogens is 440 g/mol. The molecule has 0 spiro atoms. The smallest absolute Gasteiger partial charge is 0.273 e. The molecule has 33 heavy (non-hydrogen) atoms. The largest absolute Gasteiger partial charge is 0.359 e. The van der Waals surface area contributed by atoms with E-state index in [-0.39, 0.29) is 35.9 Å². The van der Waals surface area contributed by atoms with Crippen LogP contribution >= 0.6 is 11.3 Å². The van der Waals surface area contributed by atoms with E-state index in [1.54, 1.807) is 7.05 Å². The zero-order valence-corrected chi connectivity index (χ0v) is 19.2. The number of nitrogens with zero attached hydrogens (tertiary/aromatic N) is 4. The van der Waals surface area contributed by atoms with Crippen LogP contribution in [-0.4, -0.2) is 46.5 Å². The van der Waals surface area contributed by atoms with Crippen molar-refractivity contribution in [3.8, 4) is 0 Å². The summed E-state index contributed by atoms with van der Waals surface area (Å²) >= 11 is 1.30. The lowest BCUT2D eigenvalue weighted by molar-refractivity contribution is -0.125. The van der Waals surface area contributed by atoms with Gasteiger partial charge >= 0.3 is 0 Å². The van der Waals surface area contributed by atoms with Crippen molar-refractivity contribution in [2.75, 3.05) is 25.0 Å². The van der Waals surface area contributed by atoms with E-state index < -0.39 is 0 Å². The molecule has 0 radical (unpaired) electrons. The Kier molecular flexibility index (Phi) is 5.84. The van der Waals surface area contributed by atoms with E-state index >= 15 is 0 Å². The highest BCUT2D eigenvalue weighted by molar-refractivity contribution is 7.22. The summed E-state index contributed by atoms with van der Waals surface area (Å²) in [7, 11) is 1.66. The summed E-state index contributed by atoms with van der Waals surface area (Å²) in [5.41, 5.74) is 2.56. The third-order valence-corrected chi connectivity index (χ3v) is 7.63. The number of benzene rings is 1. The number of nitrogens with one attached hydrogen (secondary N) is 2. The highest BCUT2D eigenvalue weighted by Crippen LogP contribution is 2.31. The quantitative estimate of drug-likeness (QED) is 0.592. The second-order valence-corrected chi connectivity index (χ2v) is 9.54. The molecule has 1 aliphatic carbocycles. The molecule has 1 aliphatic heterocycles. The third-order valence-electron chi connectivity index (χ3n) is 6.54. The van der Waals surface area contributed by atoms with Gasteiger partial charge in [0, 0.05) is 26.1 Å². The summed E-state index contributed by atoms with van der Waals surface area (Å²) in [5.74, 6) is -0.120. The number of amides is 2. The van der Waals surface area contributed by atoms with Gasteiger partial charge in [0.2, 0.25) is 11.8 Å². The minimum Gasteiger partial charge on any atom is -0.359 e. The first-order valence-corrected chi connectivity index (χ1v) is 12.0. The predicted molar refractivity (Wildman–Crippen MR) is 126 cm³/mol. The van der Waals surface area contributed by atoms with Crippen molar-refractivity contribution >= 4 is 38.6 Å². The van der Waals surface area contributed by atoms with Crippen LogP contribution in [0, 0.1) is 5.92 Å². The molecule has 9 nitrogen and oxygen atoms in total. The summed E-state index contributed by atoms with van der Waals surface area (Å²) in [6, 6.07) is 8.11. The second kappa shape index (κ2) is 8.93. The van der Waals surface area contributed by atoms with Crippen LogP contribution in [0.2, 0.25) is 0 Å². The van der Waals surface area contributed by atoms with Crippen LogP contribution in [0.3, 0.4) is 0 Å². The van der Waals surface area contributed by atoms with Crippen LogP contribution in [0.1, 0.15) is 36.4 Å². The van der Waals surface area contributed by atoms with Crippen LogP contribution in [-0.2, 0) is 22.6 Å². The molecule has 172 valence electrons. The zero-order chi connectivity index (χ0) is 22.9. The fraction of sp³-hybridized carbons (Fsp3) is 0.435. The molecule has 1 saturated heterocycles. The molecule has 2 aliphatic rings. The first kappa shape index (κ1) is 21.6. The van der Waals surface area contributed by atoms with Crippen LogP contribution in [0.4, 0.5) is 5.13 Å². The van der Waals surface area contributed by atoms with Crippen molar-refractivity contribution in [2.45, 2.75) is 38.3 Å². The van der Waals surface area contributed by atoms with E-state index in [0.29, 0.717) is 23.4 Å². The number of carbonyl (C=O) groups is 2. The molecule has 3 aromatic rings. The number of fused-ring (bicyclic) bond motifs is 2. The average molecular weight is 467 g/mol. The van der Waals surface area contributed by atoms with E-state index in [0.717, 1.165) is 36.4 Å². The molecule has 2 amide bonds. The first-order valence-electron chi connectivity index (χ1n) is 11.2. The number of piperidine rings is 1. The molecule has 0 saturated carbocycles. The Morgan fingerprint density at radius 3 is 2.76 bits per heavy atom. The Morgan fingerprint density at radius 1 is 1.18 bits per heavy atom. The summed E-state index contributed by atoms with van der Waals surface area (Å²) < 4.78 is 1.79. The Morgan fingerprint density at radius 2 is 1.97 bits per heavy atom. The lowest BCUT2D eigenvalue weighted by Crippen LogP contribution is -2.39. The summed E-state index contributed by atoms with van der Waals surface area (Å²) in [5, 5.41) is 6.50. The van der Waals surface area contributed by atoms with Gasteiger partial charge in [0.05, 0.1) is 6.04 Å². The molecule has 5 rings (SSSR count). The maximum atomic E-state index is 13.0. The number of rotatable bonds is 5. The monoisotopic (exact) mass is 466 g/mol. The molecule has 1 aromatic carbocycles. The van der Waals surface area contributed by atoms with Crippen molar-refractivity contribution in [1.82, 2.24) is 25.2 Å². The Labute approximate surface area is 194 Å². The first-order chi connectivity index (χ1) is 16.0. The molecule has 0 bridgehead atoms. The van der Waals surface area contributed by atoms with E-state index in [9.17, 15) is 14.4 Å². The Balaban J connectivity index is 1.28. The molecule has 1 fully saturated rings. The van der Waals surface area contributed by atoms with Gasteiger partial charge in [0.25, 0.3) is 5.56 Å². The number of carbonyl (C=O) groups excluding carboxylic acids is 2. The number of aryl methyl sites for hydroxylation is 1. The SMILES string of the molecule is CNC(=O)C1CCN(c2nc3ncn(CC(=O)N[C@@H]4CCc5ccccc54)c(=O)c3s2)CC1. The van der Waals surface area contributed by atoms with Crippen molar-refractivity contribution in [2.24, 2.45) is 5.92 Å². The molecule has 2 aromatic heterocycles. The fourth-order valence-electron chi connectivity index (χ4n) is 4.72. The van der Waals surface area contributed by atoms with E-state index in [4.69, 9.17) is 0 Å². The van der Waals surface area contributed by atoms with E-state index in [2.05, 4.69) is 31.6 Å². The van der Waals surface area contributed by atoms with E-state index in [1.807, 2.05) is 18.2 Å². The lowest BCUT2D eigenvalue weighted by atomic mass is 9.96. The normalized spacial score (nSPS) is 18.3. The average Bonchev–Trinajstić information content (AvgIpc) is 3.46. The van der Waals surface area contributed by atoms with Gasteiger partial charge in [0.1, 0.15) is 17.6 Å². The van der Waals surface area contributed by atoms with Crippen LogP contribution < -0.4 is 21.1 Å². The molecule has 10 heteroatoms. The molecule has 0 unspecified atom stereocenters. The van der Waals surface area contributed by atoms with Crippen LogP contribution in [0.15, 0.2) is 35.4 Å². The zero-order valence-electron chi connectivity index (χ0n) is 18.4. The topological polar surface area (TPSA) is 109 Å². The molecule has 2 N–H and O–H groups in total. The van der Waals surface area contributed by atoms with Gasteiger partial charge < -0.3 is 15.5 Å². The van der Waals surface area contributed by atoms with Crippen molar-refractivity contribution in [3.05, 3.63) is 52.1 Å². The summed E-state index contributed by atoms with van der Waals surface area (Å²) in [4.78, 5) is 48.5. The lowest BCUT2D eigenvalue weighted by Gasteiger charge is -2.30. The highest BCUT2D eigenvalue weighted by Gasteiger charge is 2.27. The van der Waals surface area contributed by atoms with Crippen molar-refractivity contribution in [3.63, 3.8) is 0 Å². The van der Waals surface area contributed by atoms with Gasteiger partial charge in [0.15, 0.2) is 10.8 Å². The summed E-state index contributed by atoms with van der Waals surface area (Å²) in [6.45, 7) is 1.33. The van der Waals surface area contributed by atoms with Crippen molar-refractivity contribution in [1.29, 1.82) is 0 Å². The van der Waals surface area contributed by atoms with Gasteiger partial charge in [-0.3, -0.25) is 19.0 Å². The number of hydrogen-bond acceptors (Lipinski definition) is 7.